The Morgan fingerprint density at radius 1 is 0.550 bits per heavy atom. The number of aromatic hydroxyl groups is 2. The third-order valence-electron chi connectivity index (χ3n) is 8.27. The number of rotatable bonds is 6. The maximum absolute atomic E-state index is 11.3. The zero-order valence-corrected chi connectivity index (χ0v) is 29.1. The lowest BCUT2D eigenvalue weighted by molar-refractivity contribution is 0.439. The molecule has 224 valence electrons. The molecule has 0 saturated heterocycles. The summed E-state index contributed by atoms with van der Waals surface area (Å²) in [5, 5.41) is 23.8. The zero-order valence-electron chi connectivity index (χ0n) is 27.4. The second kappa shape index (κ2) is 12.2. The van der Waals surface area contributed by atoms with Crippen LogP contribution in [0.3, 0.4) is 0 Å². The summed E-state index contributed by atoms with van der Waals surface area (Å²) in [6, 6.07) is 8.92. The molecule has 0 heterocycles. The van der Waals surface area contributed by atoms with E-state index in [2.05, 4.69) is 107 Å². The van der Waals surface area contributed by atoms with Gasteiger partial charge in [0, 0.05) is 33.1 Å². The van der Waals surface area contributed by atoms with Gasteiger partial charge in [0.1, 0.15) is 11.5 Å². The predicted octanol–water partition coefficient (Wildman–Crippen LogP) is 10.8. The van der Waals surface area contributed by atoms with E-state index in [1.807, 2.05) is 23.5 Å². The maximum atomic E-state index is 11.3. The van der Waals surface area contributed by atoms with Gasteiger partial charge in [-0.2, -0.15) is 23.5 Å². The molecular formula is C36H56O2S2. The minimum absolute atomic E-state index is 0.0336. The smallest absolute Gasteiger partial charge is 0.123 e. The third-order valence-corrected chi connectivity index (χ3v) is 11.4. The molecule has 1 saturated carbocycles. The van der Waals surface area contributed by atoms with E-state index in [1.54, 1.807) is 0 Å². The first-order chi connectivity index (χ1) is 18.2. The first-order valence-corrected chi connectivity index (χ1v) is 17.3. The molecule has 1 aliphatic carbocycles. The van der Waals surface area contributed by atoms with Gasteiger partial charge in [0.2, 0.25) is 0 Å². The van der Waals surface area contributed by atoms with E-state index in [0.717, 1.165) is 33.8 Å². The molecule has 3 rings (SSSR count). The van der Waals surface area contributed by atoms with Gasteiger partial charge in [0.25, 0.3) is 0 Å². The second-order valence-corrected chi connectivity index (χ2v) is 18.5. The Labute approximate surface area is 254 Å². The largest absolute Gasteiger partial charge is 0.507 e. The fourth-order valence-corrected chi connectivity index (χ4v) is 8.52. The summed E-state index contributed by atoms with van der Waals surface area (Å²) >= 11 is 4.04. The maximum Gasteiger partial charge on any atom is 0.123 e. The number of benzene rings is 2. The molecule has 0 aliphatic heterocycles. The Morgan fingerprint density at radius 3 is 1.15 bits per heavy atom. The lowest BCUT2D eigenvalue weighted by Gasteiger charge is -2.32. The lowest BCUT2D eigenvalue weighted by Crippen LogP contribution is -2.25. The number of hydrogen-bond acceptors (Lipinski definition) is 4. The molecular weight excluding hydrogens is 529 g/mol. The van der Waals surface area contributed by atoms with Crippen LogP contribution >= 0.6 is 23.5 Å². The van der Waals surface area contributed by atoms with Gasteiger partial charge in [-0.05, 0) is 56.8 Å². The molecule has 2 aromatic rings. The van der Waals surface area contributed by atoms with Gasteiger partial charge in [-0.15, -0.1) is 0 Å². The molecule has 1 fully saturated rings. The quantitative estimate of drug-likeness (QED) is 0.354. The van der Waals surface area contributed by atoms with E-state index in [4.69, 9.17) is 0 Å². The fraction of sp³-hybridized carbons (Fsp3) is 0.667. The molecule has 40 heavy (non-hydrogen) atoms. The van der Waals surface area contributed by atoms with Gasteiger partial charge in [0.05, 0.1) is 0 Å². The van der Waals surface area contributed by atoms with E-state index < -0.39 is 0 Å². The number of phenolic OH excluding ortho intramolecular Hbond substituents is 2. The lowest BCUT2D eigenvalue weighted by atomic mass is 9.79. The van der Waals surface area contributed by atoms with Crippen molar-refractivity contribution in [3.8, 4) is 11.5 Å². The van der Waals surface area contributed by atoms with E-state index in [9.17, 15) is 10.2 Å². The first kappa shape index (κ1) is 33.2. The highest BCUT2D eigenvalue weighted by molar-refractivity contribution is 8.03. The van der Waals surface area contributed by atoms with Crippen LogP contribution < -0.4 is 0 Å². The average Bonchev–Trinajstić information content (AvgIpc) is 2.80. The fourth-order valence-electron chi connectivity index (χ4n) is 5.46. The van der Waals surface area contributed by atoms with Crippen molar-refractivity contribution >= 4 is 23.5 Å². The predicted molar refractivity (Wildman–Crippen MR) is 180 cm³/mol. The molecule has 2 aromatic carbocycles. The topological polar surface area (TPSA) is 40.5 Å². The zero-order chi connectivity index (χ0) is 30.3. The van der Waals surface area contributed by atoms with Crippen LogP contribution in [-0.2, 0) is 33.2 Å². The Kier molecular flexibility index (Phi) is 10.1. The van der Waals surface area contributed by atoms with Crippen LogP contribution in [0.15, 0.2) is 24.3 Å². The molecule has 0 amide bonds. The molecule has 0 unspecified atom stereocenters. The van der Waals surface area contributed by atoms with Crippen LogP contribution in [-0.4, -0.2) is 20.7 Å². The van der Waals surface area contributed by atoms with E-state index in [0.29, 0.717) is 22.0 Å². The second-order valence-electron chi connectivity index (χ2n) is 16.0. The number of hydrogen-bond donors (Lipinski definition) is 2. The Balaban J connectivity index is 1.84. The highest BCUT2D eigenvalue weighted by Crippen LogP contribution is 2.44. The third kappa shape index (κ3) is 8.18. The molecule has 1 aliphatic rings. The summed E-state index contributed by atoms with van der Waals surface area (Å²) in [5.74, 6) is 2.62. The Hall–Kier alpha value is -1.26. The molecule has 2 nitrogen and oxygen atoms in total. The van der Waals surface area contributed by atoms with Crippen molar-refractivity contribution in [2.24, 2.45) is 0 Å². The number of phenols is 2. The van der Waals surface area contributed by atoms with Crippen LogP contribution in [0.4, 0.5) is 0 Å². The normalized spacial score (nSPS) is 19.2. The van der Waals surface area contributed by atoms with Crippen LogP contribution in [0.1, 0.15) is 142 Å². The molecule has 0 spiro atoms. The van der Waals surface area contributed by atoms with Crippen molar-refractivity contribution in [1.82, 2.24) is 0 Å². The van der Waals surface area contributed by atoms with Gasteiger partial charge in [-0.1, -0.05) is 120 Å². The Bertz CT molecular complexity index is 1080. The summed E-state index contributed by atoms with van der Waals surface area (Å²) in [6.07, 6.45) is 4.98. The summed E-state index contributed by atoms with van der Waals surface area (Å²) in [6.45, 7) is 26.7. The van der Waals surface area contributed by atoms with Gasteiger partial charge in [0.15, 0.2) is 0 Å². The highest BCUT2D eigenvalue weighted by Gasteiger charge is 2.30. The summed E-state index contributed by atoms with van der Waals surface area (Å²) in [4.78, 5) is 0. The van der Waals surface area contributed by atoms with E-state index >= 15 is 0 Å². The summed E-state index contributed by atoms with van der Waals surface area (Å²) in [5.41, 5.74) is 6.69. The van der Waals surface area contributed by atoms with E-state index in [-0.39, 0.29) is 21.7 Å². The van der Waals surface area contributed by atoms with Gasteiger partial charge in [-0.25, -0.2) is 0 Å². The number of thioether (sulfide) groups is 2. The monoisotopic (exact) mass is 584 g/mol. The van der Waals surface area contributed by atoms with Gasteiger partial charge in [-0.3, -0.25) is 0 Å². The van der Waals surface area contributed by atoms with Crippen molar-refractivity contribution in [2.45, 2.75) is 152 Å². The first-order valence-electron chi connectivity index (χ1n) is 15.2. The van der Waals surface area contributed by atoms with Crippen molar-refractivity contribution in [1.29, 1.82) is 0 Å². The van der Waals surface area contributed by atoms with Crippen molar-refractivity contribution in [3.05, 3.63) is 57.6 Å². The summed E-state index contributed by atoms with van der Waals surface area (Å²) in [7, 11) is 0. The highest BCUT2D eigenvalue weighted by atomic mass is 32.2. The average molecular weight is 585 g/mol. The molecule has 0 bridgehead atoms. The molecule has 2 atom stereocenters. The van der Waals surface area contributed by atoms with Crippen LogP contribution in [0.25, 0.3) is 0 Å². The standard InChI is InChI=1S/C36H56O2S2/c1-33(2,3)25-17-23(31(37)27(19-25)35(7,8)9)21-39-29-15-13-14-16-30(29)40-22-24-18-26(34(4,5)6)20-28(32(24)38)36(10,11)12/h17-20,29-30,37-38H,13-16,21-22H2,1-12H3/t29-,30-/m1/s1. The SMILES string of the molecule is CC(C)(C)c1cc(CS[C@@H]2CCCC[C@H]2SCc2cc(C(C)(C)C)cc(C(C)(C)C)c2O)c(O)c(C(C)(C)C)c1. The van der Waals surface area contributed by atoms with Crippen LogP contribution in [0, 0.1) is 0 Å². The molecule has 2 N–H and O–H groups in total. The summed E-state index contributed by atoms with van der Waals surface area (Å²) < 4.78 is 0. The Morgan fingerprint density at radius 2 is 0.875 bits per heavy atom. The van der Waals surface area contributed by atoms with Crippen molar-refractivity contribution < 1.29 is 10.2 Å². The molecule has 0 radical (unpaired) electrons. The minimum Gasteiger partial charge on any atom is -0.507 e. The van der Waals surface area contributed by atoms with Gasteiger partial charge >= 0.3 is 0 Å². The van der Waals surface area contributed by atoms with Crippen LogP contribution in [0.5, 0.6) is 11.5 Å². The molecule has 0 aromatic heterocycles. The van der Waals surface area contributed by atoms with Crippen LogP contribution in [0.2, 0.25) is 0 Å². The molecule has 4 heteroatoms. The van der Waals surface area contributed by atoms with Crippen molar-refractivity contribution in [3.63, 3.8) is 0 Å². The van der Waals surface area contributed by atoms with Gasteiger partial charge < -0.3 is 10.2 Å². The minimum atomic E-state index is -0.108. The van der Waals surface area contributed by atoms with Crippen molar-refractivity contribution in [2.75, 3.05) is 0 Å². The van der Waals surface area contributed by atoms with E-state index in [1.165, 1.54) is 36.8 Å².